The Kier molecular flexibility index (Phi) is 3.34. The van der Waals surface area contributed by atoms with Crippen LogP contribution in [0, 0.1) is 17.0 Å². The van der Waals surface area contributed by atoms with Gasteiger partial charge in [0.15, 0.2) is 0 Å². The molecule has 6 nitrogen and oxygen atoms in total. The molecule has 3 rings (SSSR count). The van der Waals surface area contributed by atoms with Crippen molar-refractivity contribution in [1.82, 2.24) is 4.98 Å². The van der Waals surface area contributed by atoms with Gasteiger partial charge in [-0.25, -0.2) is 4.98 Å². The van der Waals surface area contributed by atoms with Crippen LogP contribution in [-0.4, -0.2) is 9.91 Å². The van der Waals surface area contributed by atoms with Crippen molar-refractivity contribution in [3.8, 4) is 22.6 Å². The minimum Gasteiger partial charge on any atom is -0.464 e. The summed E-state index contributed by atoms with van der Waals surface area (Å²) in [4.78, 5) is 15.3. The second kappa shape index (κ2) is 5.33. The predicted molar refractivity (Wildman–Crippen MR) is 83.2 cm³/mol. The average Bonchev–Trinajstić information content (AvgIpc) is 3.03. The van der Waals surface area contributed by atoms with E-state index in [4.69, 9.17) is 10.2 Å². The quantitative estimate of drug-likeness (QED) is 0.585. The van der Waals surface area contributed by atoms with Crippen molar-refractivity contribution in [2.75, 3.05) is 5.73 Å². The molecule has 0 aliphatic carbocycles. The molecule has 1 aromatic carbocycles. The number of benzene rings is 1. The van der Waals surface area contributed by atoms with Crippen molar-refractivity contribution in [1.29, 1.82) is 0 Å². The zero-order valence-corrected chi connectivity index (χ0v) is 11.8. The van der Waals surface area contributed by atoms with Crippen LogP contribution in [0.25, 0.3) is 22.6 Å². The van der Waals surface area contributed by atoms with Crippen molar-refractivity contribution in [3.05, 3.63) is 64.5 Å². The maximum Gasteiger partial charge on any atom is 0.303 e. The molecule has 0 spiro atoms. The van der Waals surface area contributed by atoms with Crippen LogP contribution in [-0.2, 0) is 0 Å². The van der Waals surface area contributed by atoms with Crippen LogP contribution in [0.2, 0.25) is 0 Å². The minimum atomic E-state index is -0.481. The van der Waals surface area contributed by atoms with Crippen molar-refractivity contribution in [3.63, 3.8) is 0 Å². The van der Waals surface area contributed by atoms with E-state index in [0.717, 1.165) is 5.56 Å². The Morgan fingerprint density at radius 1 is 1.18 bits per heavy atom. The lowest BCUT2D eigenvalue weighted by Gasteiger charge is -2.11. The van der Waals surface area contributed by atoms with Gasteiger partial charge in [0, 0.05) is 5.56 Å². The number of furan rings is 1. The second-order valence-electron chi connectivity index (χ2n) is 4.78. The predicted octanol–water partition coefficient (Wildman–Crippen LogP) is 3.81. The maximum absolute atomic E-state index is 11.4. The van der Waals surface area contributed by atoms with E-state index in [1.54, 1.807) is 19.1 Å². The number of nitrogens with zero attached hydrogens (tertiary/aromatic N) is 2. The highest BCUT2D eigenvalue weighted by Gasteiger charge is 2.27. The summed E-state index contributed by atoms with van der Waals surface area (Å²) in [6, 6.07) is 12.6. The first-order valence-electron chi connectivity index (χ1n) is 6.63. The number of rotatable bonds is 3. The Morgan fingerprint density at radius 3 is 2.50 bits per heavy atom. The molecule has 110 valence electrons. The first kappa shape index (κ1) is 13.8. The SMILES string of the molecule is Cc1nc(-c2ccccc2)c(N)c(-c2ccco2)c1[N+](=O)[O-]. The molecular formula is C16H13N3O3. The lowest BCUT2D eigenvalue weighted by atomic mass is 10.0. The summed E-state index contributed by atoms with van der Waals surface area (Å²) in [5.74, 6) is 0.354. The van der Waals surface area contributed by atoms with Gasteiger partial charge in [0.1, 0.15) is 17.0 Å². The van der Waals surface area contributed by atoms with Gasteiger partial charge in [0.2, 0.25) is 0 Å². The summed E-state index contributed by atoms with van der Waals surface area (Å²) in [5, 5.41) is 11.4. The second-order valence-corrected chi connectivity index (χ2v) is 4.78. The maximum atomic E-state index is 11.4. The van der Waals surface area contributed by atoms with Gasteiger partial charge >= 0.3 is 5.69 Å². The first-order chi connectivity index (χ1) is 10.6. The van der Waals surface area contributed by atoms with E-state index >= 15 is 0 Å². The third-order valence-corrected chi connectivity index (χ3v) is 3.38. The molecule has 22 heavy (non-hydrogen) atoms. The molecule has 3 aromatic rings. The monoisotopic (exact) mass is 295 g/mol. The molecule has 0 saturated carbocycles. The van der Waals surface area contributed by atoms with Crippen molar-refractivity contribution in [2.45, 2.75) is 6.92 Å². The summed E-state index contributed by atoms with van der Waals surface area (Å²) < 4.78 is 5.32. The Morgan fingerprint density at radius 2 is 1.91 bits per heavy atom. The summed E-state index contributed by atoms with van der Waals surface area (Å²) in [5.41, 5.74) is 8.16. The number of nitrogens with two attached hydrogens (primary N) is 1. The summed E-state index contributed by atoms with van der Waals surface area (Å²) in [6.07, 6.45) is 1.45. The van der Waals surface area contributed by atoms with Gasteiger partial charge in [-0.05, 0) is 19.1 Å². The van der Waals surface area contributed by atoms with Crippen LogP contribution < -0.4 is 5.73 Å². The fraction of sp³-hybridized carbons (Fsp3) is 0.0625. The minimum absolute atomic E-state index is 0.132. The first-order valence-corrected chi connectivity index (χ1v) is 6.63. The molecule has 0 fully saturated rings. The van der Waals surface area contributed by atoms with E-state index < -0.39 is 4.92 Å². The third kappa shape index (κ3) is 2.20. The number of aromatic nitrogens is 1. The zero-order chi connectivity index (χ0) is 15.7. The molecule has 2 heterocycles. The van der Waals surface area contributed by atoms with Gasteiger partial charge in [-0.3, -0.25) is 10.1 Å². The molecule has 0 saturated heterocycles. The fourth-order valence-corrected chi connectivity index (χ4v) is 2.42. The van der Waals surface area contributed by atoms with E-state index in [-0.39, 0.29) is 16.9 Å². The number of nitro groups is 1. The number of anilines is 1. The smallest absolute Gasteiger partial charge is 0.303 e. The average molecular weight is 295 g/mol. The van der Waals surface area contributed by atoms with Gasteiger partial charge < -0.3 is 10.2 Å². The lowest BCUT2D eigenvalue weighted by Crippen LogP contribution is -2.04. The zero-order valence-electron chi connectivity index (χ0n) is 11.8. The van der Waals surface area contributed by atoms with E-state index in [2.05, 4.69) is 4.98 Å². The third-order valence-electron chi connectivity index (χ3n) is 3.38. The van der Waals surface area contributed by atoms with Crippen molar-refractivity contribution in [2.24, 2.45) is 0 Å². The molecule has 0 aliphatic rings. The van der Waals surface area contributed by atoms with Crippen molar-refractivity contribution >= 4 is 11.4 Å². The standard InChI is InChI=1S/C16H13N3O3/c1-10-16(19(20)21)13(12-8-5-9-22-12)14(17)15(18-10)11-6-3-2-4-7-11/h2-9H,17H2,1H3. The van der Waals surface area contributed by atoms with Gasteiger partial charge in [0.05, 0.1) is 22.6 Å². The van der Waals surface area contributed by atoms with Gasteiger partial charge in [0.25, 0.3) is 0 Å². The highest BCUT2D eigenvalue weighted by atomic mass is 16.6. The van der Waals surface area contributed by atoms with Gasteiger partial charge in [-0.1, -0.05) is 30.3 Å². The molecule has 2 aromatic heterocycles. The summed E-state index contributed by atoms with van der Waals surface area (Å²) in [6.45, 7) is 1.59. The summed E-state index contributed by atoms with van der Waals surface area (Å²) >= 11 is 0. The number of nitrogen functional groups attached to an aromatic ring is 1. The summed E-state index contributed by atoms with van der Waals surface area (Å²) in [7, 11) is 0. The van der Waals surface area contributed by atoms with Crippen LogP contribution in [0.5, 0.6) is 0 Å². The molecular weight excluding hydrogens is 282 g/mol. The van der Waals surface area contributed by atoms with E-state index in [0.29, 0.717) is 17.1 Å². The number of aryl methyl sites for hydroxylation is 1. The van der Waals surface area contributed by atoms with Crippen LogP contribution in [0.4, 0.5) is 11.4 Å². The van der Waals surface area contributed by atoms with Crippen LogP contribution >= 0.6 is 0 Å². The molecule has 0 atom stereocenters. The molecule has 0 radical (unpaired) electrons. The highest BCUT2D eigenvalue weighted by Crippen LogP contribution is 2.41. The molecule has 2 N–H and O–H groups in total. The molecule has 0 bridgehead atoms. The Bertz CT molecular complexity index is 828. The molecule has 0 amide bonds. The van der Waals surface area contributed by atoms with E-state index in [9.17, 15) is 10.1 Å². The lowest BCUT2D eigenvalue weighted by molar-refractivity contribution is -0.385. The normalized spacial score (nSPS) is 10.6. The number of hydrogen-bond donors (Lipinski definition) is 1. The Hall–Kier alpha value is -3.15. The van der Waals surface area contributed by atoms with Crippen LogP contribution in [0.1, 0.15) is 5.69 Å². The van der Waals surface area contributed by atoms with E-state index in [1.807, 2.05) is 30.3 Å². The molecule has 0 unspecified atom stereocenters. The van der Waals surface area contributed by atoms with Crippen LogP contribution in [0.3, 0.4) is 0 Å². The largest absolute Gasteiger partial charge is 0.464 e. The van der Waals surface area contributed by atoms with E-state index in [1.165, 1.54) is 6.26 Å². The Balaban J connectivity index is 2.35. The Labute approximate surface area is 126 Å². The molecule has 6 heteroatoms. The topological polar surface area (TPSA) is 95.2 Å². The van der Waals surface area contributed by atoms with Crippen LogP contribution in [0.15, 0.2) is 53.1 Å². The fourth-order valence-electron chi connectivity index (χ4n) is 2.42. The van der Waals surface area contributed by atoms with Gasteiger partial charge in [-0.2, -0.15) is 0 Å². The van der Waals surface area contributed by atoms with Crippen molar-refractivity contribution < 1.29 is 9.34 Å². The van der Waals surface area contributed by atoms with Gasteiger partial charge in [-0.15, -0.1) is 0 Å². The molecule has 0 aliphatic heterocycles. The number of hydrogen-bond acceptors (Lipinski definition) is 5. The number of pyridine rings is 1. The highest BCUT2D eigenvalue weighted by molar-refractivity contribution is 5.91.